The number of aryl methyl sites for hydroxylation is 1. The number of rotatable bonds is 3. The summed E-state index contributed by atoms with van der Waals surface area (Å²) in [5, 5.41) is 5.54. The molecule has 0 aliphatic rings. The lowest BCUT2D eigenvalue weighted by atomic mass is 10.2. The van der Waals surface area contributed by atoms with Gasteiger partial charge in [0.05, 0.1) is 12.8 Å². The highest BCUT2D eigenvalue weighted by Gasteiger charge is 2.07. The lowest BCUT2D eigenvalue weighted by Gasteiger charge is -2.12. The predicted octanol–water partition coefficient (Wildman–Crippen LogP) is 4.41. The van der Waals surface area contributed by atoms with Gasteiger partial charge in [0.15, 0.2) is 0 Å². The van der Waals surface area contributed by atoms with Crippen LogP contribution >= 0.6 is 15.9 Å². The highest BCUT2D eigenvalue weighted by atomic mass is 79.9. The Morgan fingerprint density at radius 2 is 1.80 bits per heavy atom. The van der Waals surface area contributed by atoms with Gasteiger partial charge < -0.3 is 15.4 Å². The Bertz CT molecular complexity index is 612. The largest absolute Gasteiger partial charge is 0.495 e. The fraction of sp³-hybridized carbons (Fsp3) is 0.133. The molecule has 5 heteroatoms. The Morgan fingerprint density at radius 1 is 1.10 bits per heavy atom. The maximum atomic E-state index is 12.0. The highest BCUT2D eigenvalue weighted by molar-refractivity contribution is 9.10. The van der Waals surface area contributed by atoms with Crippen LogP contribution in [0.4, 0.5) is 16.2 Å². The summed E-state index contributed by atoms with van der Waals surface area (Å²) in [5.74, 6) is 0.626. The van der Waals surface area contributed by atoms with Crippen LogP contribution < -0.4 is 15.4 Å². The molecule has 0 aliphatic heterocycles. The first-order valence-corrected chi connectivity index (χ1v) is 6.86. The van der Waals surface area contributed by atoms with Crippen LogP contribution in [0.15, 0.2) is 46.9 Å². The highest BCUT2D eigenvalue weighted by Crippen LogP contribution is 2.25. The SMILES string of the molecule is COc1ccc(C)cc1NC(=O)Nc1ccc(Br)cc1. The van der Waals surface area contributed by atoms with Gasteiger partial charge in [-0.2, -0.15) is 0 Å². The minimum atomic E-state index is -0.309. The van der Waals surface area contributed by atoms with E-state index in [9.17, 15) is 4.79 Å². The first-order valence-electron chi connectivity index (χ1n) is 6.06. The summed E-state index contributed by atoms with van der Waals surface area (Å²) in [6.45, 7) is 1.96. The number of amides is 2. The predicted molar refractivity (Wildman–Crippen MR) is 84.5 cm³/mol. The second kappa shape index (κ2) is 6.43. The number of nitrogens with one attached hydrogen (secondary N) is 2. The second-order valence-electron chi connectivity index (χ2n) is 4.29. The molecule has 0 aliphatic carbocycles. The van der Waals surface area contributed by atoms with E-state index in [2.05, 4.69) is 26.6 Å². The minimum absolute atomic E-state index is 0.309. The summed E-state index contributed by atoms with van der Waals surface area (Å²) < 4.78 is 6.18. The molecular formula is C15H15BrN2O2. The van der Waals surface area contributed by atoms with Crippen LogP contribution in [0.1, 0.15) is 5.56 Å². The lowest BCUT2D eigenvalue weighted by molar-refractivity contribution is 0.262. The molecule has 0 unspecified atom stereocenters. The number of urea groups is 1. The molecule has 0 heterocycles. The van der Waals surface area contributed by atoms with Crippen LogP contribution in [-0.2, 0) is 0 Å². The van der Waals surface area contributed by atoms with Crippen molar-refractivity contribution >= 4 is 33.3 Å². The molecule has 2 aromatic rings. The van der Waals surface area contributed by atoms with Crippen LogP contribution in [0.25, 0.3) is 0 Å². The summed E-state index contributed by atoms with van der Waals surface area (Å²) in [5.41, 5.74) is 2.41. The van der Waals surface area contributed by atoms with Crippen molar-refractivity contribution in [3.63, 3.8) is 0 Å². The average Bonchev–Trinajstić information content (AvgIpc) is 2.41. The molecule has 0 saturated heterocycles. The van der Waals surface area contributed by atoms with E-state index in [4.69, 9.17) is 4.74 Å². The molecule has 0 fully saturated rings. The van der Waals surface area contributed by atoms with E-state index >= 15 is 0 Å². The molecule has 2 rings (SSSR count). The van der Waals surface area contributed by atoms with E-state index < -0.39 is 0 Å². The van der Waals surface area contributed by atoms with E-state index in [-0.39, 0.29) is 6.03 Å². The van der Waals surface area contributed by atoms with Crippen molar-refractivity contribution in [1.82, 2.24) is 0 Å². The Hall–Kier alpha value is -2.01. The third-order valence-corrected chi connectivity index (χ3v) is 3.23. The summed E-state index contributed by atoms with van der Waals surface area (Å²) in [7, 11) is 1.57. The van der Waals surface area contributed by atoms with E-state index in [1.807, 2.05) is 49.4 Å². The second-order valence-corrected chi connectivity index (χ2v) is 5.21. The van der Waals surface area contributed by atoms with Crippen molar-refractivity contribution in [2.45, 2.75) is 6.92 Å². The van der Waals surface area contributed by atoms with Crippen LogP contribution in [0, 0.1) is 6.92 Å². The zero-order chi connectivity index (χ0) is 14.5. The molecular weight excluding hydrogens is 320 g/mol. The van der Waals surface area contributed by atoms with Crippen LogP contribution in [0.2, 0.25) is 0 Å². The Labute approximate surface area is 126 Å². The first-order chi connectivity index (χ1) is 9.58. The molecule has 0 aromatic heterocycles. The summed E-state index contributed by atoms with van der Waals surface area (Å²) >= 11 is 3.35. The topological polar surface area (TPSA) is 50.4 Å². The third-order valence-electron chi connectivity index (χ3n) is 2.71. The molecule has 0 spiro atoms. The van der Waals surface area contributed by atoms with Crippen LogP contribution in [0.5, 0.6) is 5.75 Å². The number of methoxy groups -OCH3 is 1. The first kappa shape index (κ1) is 14.4. The van der Waals surface area contributed by atoms with Gasteiger partial charge in [-0.3, -0.25) is 0 Å². The number of carbonyl (C=O) groups is 1. The molecule has 2 amide bonds. The molecule has 20 heavy (non-hydrogen) atoms. The average molecular weight is 335 g/mol. The van der Waals surface area contributed by atoms with Crippen LogP contribution in [0.3, 0.4) is 0 Å². The zero-order valence-corrected chi connectivity index (χ0v) is 12.8. The smallest absolute Gasteiger partial charge is 0.323 e. The fourth-order valence-electron chi connectivity index (χ4n) is 1.74. The van der Waals surface area contributed by atoms with Gasteiger partial charge in [-0.15, -0.1) is 0 Å². The number of hydrogen-bond donors (Lipinski definition) is 2. The Balaban J connectivity index is 2.08. The van der Waals surface area contributed by atoms with Gasteiger partial charge in [0, 0.05) is 10.2 Å². The standard InChI is InChI=1S/C15H15BrN2O2/c1-10-3-8-14(20-2)13(9-10)18-15(19)17-12-6-4-11(16)5-7-12/h3-9H,1-2H3,(H2,17,18,19). The Morgan fingerprint density at radius 3 is 2.45 bits per heavy atom. The molecule has 0 radical (unpaired) electrons. The van der Waals surface area contributed by atoms with Gasteiger partial charge in [0.25, 0.3) is 0 Å². The van der Waals surface area contributed by atoms with E-state index in [0.29, 0.717) is 11.4 Å². The molecule has 0 bridgehead atoms. The zero-order valence-electron chi connectivity index (χ0n) is 11.2. The summed E-state index contributed by atoms with van der Waals surface area (Å²) in [6, 6.07) is 12.7. The molecule has 2 N–H and O–H groups in total. The molecule has 104 valence electrons. The number of ether oxygens (including phenoxy) is 1. The van der Waals surface area contributed by atoms with Crippen molar-refractivity contribution in [3.05, 3.63) is 52.5 Å². The van der Waals surface area contributed by atoms with E-state index in [1.165, 1.54) is 0 Å². The maximum absolute atomic E-state index is 12.0. The van der Waals surface area contributed by atoms with Gasteiger partial charge in [0.2, 0.25) is 0 Å². The molecule has 2 aromatic carbocycles. The number of hydrogen-bond acceptors (Lipinski definition) is 2. The van der Waals surface area contributed by atoms with Gasteiger partial charge in [-0.1, -0.05) is 22.0 Å². The van der Waals surface area contributed by atoms with Gasteiger partial charge in [0.1, 0.15) is 5.75 Å². The normalized spacial score (nSPS) is 9.95. The van der Waals surface area contributed by atoms with E-state index in [0.717, 1.165) is 15.7 Å². The van der Waals surface area contributed by atoms with E-state index in [1.54, 1.807) is 7.11 Å². The summed E-state index contributed by atoms with van der Waals surface area (Å²) in [4.78, 5) is 12.0. The quantitative estimate of drug-likeness (QED) is 0.873. The fourth-order valence-corrected chi connectivity index (χ4v) is 2.00. The van der Waals surface area contributed by atoms with Gasteiger partial charge in [-0.05, 0) is 48.9 Å². The van der Waals surface area contributed by atoms with Crippen LogP contribution in [-0.4, -0.2) is 13.1 Å². The lowest BCUT2D eigenvalue weighted by Crippen LogP contribution is -2.19. The monoisotopic (exact) mass is 334 g/mol. The third kappa shape index (κ3) is 3.74. The minimum Gasteiger partial charge on any atom is -0.495 e. The number of anilines is 2. The molecule has 4 nitrogen and oxygen atoms in total. The molecule has 0 saturated carbocycles. The van der Waals surface area contributed by atoms with Gasteiger partial charge in [-0.25, -0.2) is 4.79 Å². The Kier molecular flexibility index (Phi) is 4.63. The van der Waals surface area contributed by atoms with Crippen molar-refractivity contribution in [2.75, 3.05) is 17.7 Å². The summed E-state index contributed by atoms with van der Waals surface area (Å²) in [6.07, 6.45) is 0. The molecule has 0 atom stereocenters. The number of benzene rings is 2. The van der Waals surface area contributed by atoms with Crippen molar-refractivity contribution in [3.8, 4) is 5.75 Å². The van der Waals surface area contributed by atoms with Gasteiger partial charge >= 0.3 is 6.03 Å². The van der Waals surface area contributed by atoms with Crippen molar-refractivity contribution in [2.24, 2.45) is 0 Å². The number of halogens is 1. The van der Waals surface area contributed by atoms with Crippen molar-refractivity contribution in [1.29, 1.82) is 0 Å². The van der Waals surface area contributed by atoms with Crippen molar-refractivity contribution < 1.29 is 9.53 Å². The maximum Gasteiger partial charge on any atom is 0.323 e. The number of carbonyl (C=O) groups excluding carboxylic acids is 1.